The SMILES string of the molecule is C=CCNCC(=O)N1CCN(C)CC1C. The smallest absolute Gasteiger partial charge is 0.236 e. The van der Waals surface area contributed by atoms with Gasteiger partial charge >= 0.3 is 0 Å². The van der Waals surface area contributed by atoms with Crippen molar-refractivity contribution in [1.82, 2.24) is 15.1 Å². The standard InChI is InChI=1S/C11H21N3O/c1-4-5-12-8-11(15)14-7-6-13(3)9-10(14)2/h4,10,12H,1,5-9H2,2-3H3. The molecule has 1 saturated heterocycles. The van der Waals surface area contributed by atoms with Crippen LogP contribution >= 0.6 is 0 Å². The molecule has 4 heteroatoms. The second kappa shape index (κ2) is 5.88. The molecule has 0 saturated carbocycles. The molecule has 0 radical (unpaired) electrons. The Morgan fingerprint density at radius 3 is 2.93 bits per heavy atom. The molecule has 0 aromatic carbocycles. The van der Waals surface area contributed by atoms with Gasteiger partial charge in [-0.1, -0.05) is 6.08 Å². The number of hydrogen-bond donors (Lipinski definition) is 1. The van der Waals surface area contributed by atoms with Crippen molar-refractivity contribution in [2.24, 2.45) is 0 Å². The van der Waals surface area contributed by atoms with E-state index in [4.69, 9.17) is 0 Å². The molecule has 4 nitrogen and oxygen atoms in total. The highest BCUT2D eigenvalue weighted by Crippen LogP contribution is 2.07. The van der Waals surface area contributed by atoms with E-state index in [0.717, 1.165) is 19.6 Å². The summed E-state index contributed by atoms with van der Waals surface area (Å²) in [5.74, 6) is 0.192. The van der Waals surface area contributed by atoms with Crippen molar-refractivity contribution < 1.29 is 4.79 Å². The van der Waals surface area contributed by atoms with Crippen LogP contribution < -0.4 is 5.32 Å². The molecule has 86 valence electrons. The first kappa shape index (κ1) is 12.2. The zero-order chi connectivity index (χ0) is 11.3. The minimum absolute atomic E-state index is 0.192. The van der Waals surface area contributed by atoms with Gasteiger partial charge in [0.1, 0.15) is 0 Å². The van der Waals surface area contributed by atoms with Crippen molar-refractivity contribution in [3.05, 3.63) is 12.7 Å². The van der Waals surface area contributed by atoms with Crippen LogP contribution in [0, 0.1) is 0 Å². The molecule has 1 aliphatic heterocycles. The van der Waals surface area contributed by atoms with Crippen LogP contribution in [0.15, 0.2) is 12.7 Å². The molecule has 1 N–H and O–H groups in total. The average Bonchev–Trinajstić information content (AvgIpc) is 2.17. The molecule has 1 fully saturated rings. The fourth-order valence-electron chi connectivity index (χ4n) is 1.89. The molecule has 1 aliphatic rings. The Bertz CT molecular complexity index is 230. The number of carbonyl (C=O) groups is 1. The number of likely N-dealkylation sites (N-methyl/N-ethyl adjacent to an activating group) is 1. The number of hydrogen-bond acceptors (Lipinski definition) is 3. The van der Waals surface area contributed by atoms with Gasteiger partial charge < -0.3 is 15.1 Å². The topological polar surface area (TPSA) is 35.6 Å². The molecule has 0 spiro atoms. The molecule has 0 bridgehead atoms. The Balaban J connectivity index is 2.35. The van der Waals surface area contributed by atoms with E-state index in [1.807, 2.05) is 4.90 Å². The van der Waals surface area contributed by atoms with E-state index in [0.29, 0.717) is 19.1 Å². The van der Waals surface area contributed by atoms with Gasteiger partial charge in [-0.05, 0) is 14.0 Å². The summed E-state index contributed by atoms with van der Waals surface area (Å²) in [7, 11) is 2.09. The maximum atomic E-state index is 11.8. The molecule has 1 heterocycles. The van der Waals surface area contributed by atoms with Gasteiger partial charge in [0.2, 0.25) is 5.91 Å². The largest absolute Gasteiger partial charge is 0.336 e. The highest BCUT2D eigenvalue weighted by molar-refractivity contribution is 5.78. The lowest BCUT2D eigenvalue weighted by molar-refractivity contribution is -0.134. The summed E-state index contributed by atoms with van der Waals surface area (Å²) in [5.41, 5.74) is 0. The van der Waals surface area contributed by atoms with Gasteiger partial charge in [-0.2, -0.15) is 0 Å². The fraction of sp³-hybridized carbons (Fsp3) is 0.727. The number of rotatable bonds is 4. The first-order valence-electron chi connectivity index (χ1n) is 5.44. The molecule has 1 unspecified atom stereocenters. The predicted molar refractivity (Wildman–Crippen MR) is 61.7 cm³/mol. The van der Waals surface area contributed by atoms with Crippen LogP contribution in [-0.2, 0) is 4.79 Å². The summed E-state index contributed by atoms with van der Waals surface area (Å²) in [5, 5.41) is 3.04. The molecule has 15 heavy (non-hydrogen) atoms. The molecule has 1 atom stereocenters. The van der Waals surface area contributed by atoms with Gasteiger partial charge in [-0.25, -0.2) is 0 Å². The van der Waals surface area contributed by atoms with Crippen LogP contribution in [0.3, 0.4) is 0 Å². The van der Waals surface area contributed by atoms with Crippen LogP contribution in [-0.4, -0.2) is 61.5 Å². The fourth-order valence-corrected chi connectivity index (χ4v) is 1.89. The van der Waals surface area contributed by atoms with Crippen LogP contribution in [0.25, 0.3) is 0 Å². The van der Waals surface area contributed by atoms with Crippen molar-refractivity contribution in [1.29, 1.82) is 0 Å². The second-order valence-electron chi connectivity index (χ2n) is 4.12. The van der Waals surface area contributed by atoms with E-state index in [1.54, 1.807) is 6.08 Å². The number of carbonyl (C=O) groups excluding carboxylic acids is 1. The molecular formula is C11H21N3O. The van der Waals surface area contributed by atoms with Crippen LogP contribution in [0.1, 0.15) is 6.92 Å². The van der Waals surface area contributed by atoms with Gasteiger partial charge in [0.05, 0.1) is 6.54 Å². The lowest BCUT2D eigenvalue weighted by Crippen LogP contribution is -2.54. The Labute approximate surface area is 91.9 Å². The van der Waals surface area contributed by atoms with Crippen molar-refractivity contribution in [3.8, 4) is 0 Å². The third-order valence-electron chi connectivity index (χ3n) is 2.72. The number of amides is 1. The minimum atomic E-state index is 0.192. The molecular weight excluding hydrogens is 190 g/mol. The summed E-state index contributed by atoms with van der Waals surface area (Å²) in [6.45, 7) is 9.58. The zero-order valence-corrected chi connectivity index (χ0v) is 9.70. The molecule has 0 aromatic rings. The van der Waals surface area contributed by atoms with E-state index in [1.165, 1.54) is 0 Å². The quantitative estimate of drug-likeness (QED) is 0.522. The third kappa shape index (κ3) is 3.64. The summed E-state index contributed by atoms with van der Waals surface area (Å²) >= 11 is 0. The van der Waals surface area contributed by atoms with Crippen LogP contribution in [0.4, 0.5) is 0 Å². The maximum Gasteiger partial charge on any atom is 0.236 e. The summed E-state index contributed by atoms with van der Waals surface area (Å²) in [6.07, 6.45) is 1.76. The lowest BCUT2D eigenvalue weighted by atomic mass is 10.2. The van der Waals surface area contributed by atoms with E-state index >= 15 is 0 Å². The zero-order valence-electron chi connectivity index (χ0n) is 9.70. The van der Waals surface area contributed by atoms with Crippen molar-refractivity contribution in [2.75, 3.05) is 39.8 Å². The minimum Gasteiger partial charge on any atom is -0.336 e. The Morgan fingerprint density at radius 2 is 2.33 bits per heavy atom. The Kier molecular flexibility index (Phi) is 4.78. The van der Waals surface area contributed by atoms with Crippen molar-refractivity contribution in [3.63, 3.8) is 0 Å². The van der Waals surface area contributed by atoms with Crippen molar-refractivity contribution >= 4 is 5.91 Å². The summed E-state index contributed by atoms with van der Waals surface area (Å²) < 4.78 is 0. The van der Waals surface area contributed by atoms with Gasteiger partial charge in [0.15, 0.2) is 0 Å². The van der Waals surface area contributed by atoms with Gasteiger partial charge in [-0.15, -0.1) is 6.58 Å². The van der Waals surface area contributed by atoms with Gasteiger partial charge in [0.25, 0.3) is 0 Å². The lowest BCUT2D eigenvalue weighted by Gasteiger charge is -2.38. The number of nitrogens with zero attached hydrogens (tertiary/aromatic N) is 2. The van der Waals surface area contributed by atoms with Crippen molar-refractivity contribution in [2.45, 2.75) is 13.0 Å². The highest BCUT2D eigenvalue weighted by Gasteiger charge is 2.24. The van der Waals surface area contributed by atoms with E-state index in [9.17, 15) is 4.79 Å². The van der Waals surface area contributed by atoms with Gasteiger partial charge in [0, 0.05) is 32.2 Å². The van der Waals surface area contributed by atoms with Crippen LogP contribution in [0.2, 0.25) is 0 Å². The summed E-state index contributed by atoms with van der Waals surface area (Å²) in [4.78, 5) is 16.0. The predicted octanol–water partition coefficient (Wildman–Crippen LogP) is -0.0755. The third-order valence-corrected chi connectivity index (χ3v) is 2.72. The van der Waals surface area contributed by atoms with E-state index in [2.05, 4.69) is 30.8 Å². The van der Waals surface area contributed by atoms with Gasteiger partial charge in [-0.3, -0.25) is 4.79 Å². The number of nitrogens with one attached hydrogen (secondary N) is 1. The normalized spacial score (nSPS) is 22.8. The molecule has 0 aliphatic carbocycles. The van der Waals surface area contributed by atoms with E-state index in [-0.39, 0.29) is 5.91 Å². The molecule has 1 amide bonds. The highest BCUT2D eigenvalue weighted by atomic mass is 16.2. The Morgan fingerprint density at radius 1 is 1.60 bits per heavy atom. The molecule has 0 aromatic heterocycles. The number of piperazine rings is 1. The first-order valence-corrected chi connectivity index (χ1v) is 5.44. The second-order valence-corrected chi connectivity index (χ2v) is 4.12. The van der Waals surface area contributed by atoms with E-state index < -0.39 is 0 Å². The first-order chi connectivity index (χ1) is 7.15. The average molecular weight is 211 g/mol. The van der Waals surface area contributed by atoms with Crippen LogP contribution in [0.5, 0.6) is 0 Å². The monoisotopic (exact) mass is 211 g/mol. The summed E-state index contributed by atoms with van der Waals surface area (Å²) in [6, 6.07) is 0.321. The maximum absolute atomic E-state index is 11.8. The molecule has 1 rings (SSSR count). The Hall–Kier alpha value is -0.870.